The van der Waals surface area contributed by atoms with Crippen molar-refractivity contribution in [2.24, 2.45) is 0 Å². The van der Waals surface area contributed by atoms with Crippen LogP contribution in [-0.2, 0) is 10.8 Å². The Morgan fingerprint density at radius 3 is 3.05 bits per heavy atom. The van der Waals surface area contributed by atoms with E-state index >= 15 is 0 Å². The molecule has 2 N–H and O–H groups in total. The normalized spacial score (nSPS) is 23.3. The Balaban J connectivity index is 1.88. The lowest BCUT2D eigenvalue weighted by Crippen LogP contribution is -2.43. The minimum Gasteiger partial charge on any atom is -0.335 e. The Labute approximate surface area is 135 Å². The Morgan fingerprint density at radius 2 is 2.33 bits per heavy atom. The average Bonchev–Trinajstić information content (AvgIpc) is 2.49. The lowest BCUT2D eigenvalue weighted by molar-refractivity contribution is 0.244. The number of nitrogens with zero attached hydrogens (tertiary/aromatic N) is 1. The fourth-order valence-corrected chi connectivity index (χ4v) is 4.27. The highest BCUT2D eigenvalue weighted by molar-refractivity contribution is 9.10. The first kappa shape index (κ1) is 16.4. The number of anilines is 1. The van der Waals surface area contributed by atoms with Crippen LogP contribution in [0.2, 0.25) is 0 Å². The zero-order chi connectivity index (χ0) is 15.2. The van der Waals surface area contributed by atoms with E-state index < -0.39 is 10.8 Å². The van der Waals surface area contributed by atoms with E-state index in [-0.39, 0.29) is 17.3 Å². The molecule has 2 rings (SSSR count). The summed E-state index contributed by atoms with van der Waals surface area (Å²) < 4.78 is 12.6. The SMILES string of the molecule is CCS(=O)C1CCCC(NC(=O)Nc2ccncc2Br)C1. The summed E-state index contributed by atoms with van der Waals surface area (Å²) in [4.78, 5) is 16.0. The Morgan fingerprint density at radius 1 is 1.52 bits per heavy atom. The van der Waals surface area contributed by atoms with Crippen molar-refractivity contribution in [3.05, 3.63) is 22.9 Å². The van der Waals surface area contributed by atoms with E-state index in [9.17, 15) is 9.00 Å². The molecule has 1 heterocycles. The van der Waals surface area contributed by atoms with Gasteiger partial charge in [-0.25, -0.2) is 4.79 Å². The number of urea groups is 1. The maximum Gasteiger partial charge on any atom is 0.319 e. The summed E-state index contributed by atoms with van der Waals surface area (Å²) in [5, 5.41) is 5.99. The third-order valence-corrected chi connectivity index (χ3v) is 6.01. The molecule has 3 unspecified atom stereocenters. The average molecular weight is 374 g/mol. The summed E-state index contributed by atoms with van der Waals surface area (Å²) in [5.41, 5.74) is 0.687. The highest BCUT2D eigenvalue weighted by atomic mass is 79.9. The van der Waals surface area contributed by atoms with Crippen LogP contribution in [0.25, 0.3) is 0 Å². The molecule has 7 heteroatoms. The summed E-state index contributed by atoms with van der Waals surface area (Å²) in [7, 11) is -0.778. The molecule has 1 aliphatic rings. The van der Waals surface area contributed by atoms with Gasteiger partial charge < -0.3 is 10.6 Å². The van der Waals surface area contributed by atoms with Gasteiger partial charge in [-0.05, 0) is 41.3 Å². The maximum absolute atomic E-state index is 12.0. The number of hydrogen-bond donors (Lipinski definition) is 2. The van der Waals surface area contributed by atoms with Gasteiger partial charge in [0.2, 0.25) is 0 Å². The number of hydrogen-bond acceptors (Lipinski definition) is 3. The molecule has 1 aromatic rings. The van der Waals surface area contributed by atoms with E-state index in [2.05, 4.69) is 31.5 Å². The molecule has 1 fully saturated rings. The second-order valence-electron chi connectivity index (χ2n) is 5.11. The lowest BCUT2D eigenvalue weighted by Gasteiger charge is -2.29. The number of amides is 2. The Hall–Kier alpha value is -0.950. The third-order valence-electron chi connectivity index (χ3n) is 3.64. The number of rotatable bonds is 4. The molecule has 0 bridgehead atoms. The molecule has 0 radical (unpaired) electrons. The van der Waals surface area contributed by atoms with Gasteiger partial charge in [0.25, 0.3) is 0 Å². The van der Waals surface area contributed by atoms with Crippen LogP contribution in [0.1, 0.15) is 32.6 Å². The van der Waals surface area contributed by atoms with Crippen molar-refractivity contribution in [2.45, 2.75) is 43.9 Å². The Bertz CT molecular complexity index is 527. The van der Waals surface area contributed by atoms with Gasteiger partial charge in [-0.3, -0.25) is 9.19 Å². The van der Waals surface area contributed by atoms with Gasteiger partial charge in [-0.2, -0.15) is 0 Å². The van der Waals surface area contributed by atoms with Crippen molar-refractivity contribution >= 4 is 38.4 Å². The van der Waals surface area contributed by atoms with Gasteiger partial charge >= 0.3 is 6.03 Å². The topological polar surface area (TPSA) is 71.1 Å². The van der Waals surface area contributed by atoms with E-state index in [0.29, 0.717) is 11.4 Å². The molecule has 3 atom stereocenters. The molecule has 0 aliphatic heterocycles. The summed E-state index contributed by atoms with van der Waals surface area (Å²) >= 11 is 3.34. The maximum atomic E-state index is 12.0. The van der Waals surface area contributed by atoms with E-state index in [0.717, 1.165) is 30.2 Å². The van der Waals surface area contributed by atoms with E-state index in [4.69, 9.17) is 0 Å². The molecule has 0 aromatic carbocycles. The molecule has 1 aromatic heterocycles. The van der Waals surface area contributed by atoms with Crippen molar-refractivity contribution in [3.63, 3.8) is 0 Å². The first-order valence-corrected chi connectivity index (χ1v) is 9.32. The van der Waals surface area contributed by atoms with E-state index in [1.165, 1.54) is 0 Å². The van der Waals surface area contributed by atoms with Crippen LogP contribution in [0.4, 0.5) is 10.5 Å². The summed E-state index contributed by atoms with van der Waals surface area (Å²) in [6, 6.07) is 1.61. The minimum atomic E-state index is -0.778. The smallest absolute Gasteiger partial charge is 0.319 e. The predicted molar refractivity (Wildman–Crippen MR) is 88.8 cm³/mol. The van der Waals surface area contributed by atoms with Crippen LogP contribution in [0.5, 0.6) is 0 Å². The second kappa shape index (κ2) is 7.89. The van der Waals surface area contributed by atoms with Crippen molar-refractivity contribution in [2.75, 3.05) is 11.1 Å². The molecule has 1 aliphatic carbocycles. The number of carbonyl (C=O) groups excluding carboxylic acids is 1. The summed E-state index contributed by atoms with van der Waals surface area (Å²) in [6.45, 7) is 1.95. The number of carbonyl (C=O) groups is 1. The molecular weight excluding hydrogens is 354 g/mol. The standard InChI is InChI=1S/C14H20BrN3O2S/c1-2-21(20)11-5-3-4-10(8-11)17-14(19)18-13-6-7-16-9-12(13)15/h6-7,9-11H,2-5,8H2,1H3,(H2,16,17,18,19). The van der Waals surface area contributed by atoms with Gasteiger partial charge in [0.1, 0.15) is 0 Å². The predicted octanol–water partition coefficient (Wildman–Crippen LogP) is 3.05. The molecule has 2 amide bonds. The van der Waals surface area contributed by atoms with Crippen LogP contribution in [-0.4, -0.2) is 32.3 Å². The van der Waals surface area contributed by atoms with E-state index in [1.54, 1.807) is 18.5 Å². The molecule has 116 valence electrons. The summed E-state index contributed by atoms with van der Waals surface area (Å²) in [6.07, 6.45) is 7.02. The lowest BCUT2D eigenvalue weighted by atomic mass is 9.95. The fraction of sp³-hybridized carbons (Fsp3) is 0.571. The zero-order valence-corrected chi connectivity index (χ0v) is 14.4. The van der Waals surface area contributed by atoms with Crippen LogP contribution in [0, 0.1) is 0 Å². The van der Waals surface area contributed by atoms with Crippen molar-refractivity contribution < 1.29 is 9.00 Å². The zero-order valence-electron chi connectivity index (χ0n) is 12.0. The van der Waals surface area contributed by atoms with Gasteiger partial charge in [0, 0.05) is 40.2 Å². The van der Waals surface area contributed by atoms with Gasteiger partial charge in [0.15, 0.2) is 0 Å². The van der Waals surface area contributed by atoms with Crippen LogP contribution >= 0.6 is 15.9 Å². The summed E-state index contributed by atoms with van der Waals surface area (Å²) in [5.74, 6) is 0.688. The molecule has 0 saturated heterocycles. The van der Waals surface area contributed by atoms with Crippen LogP contribution in [0.3, 0.4) is 0 Å². The van der Waals surface area contributed by atoms with Crippen molar-refractivity contribution in [3.8, 4) is 0 Å². The minimum absolute atomic E-state index is 0.0971. The van der Waals surface area contributed by atoms with Gasteiger partial charge in [-0.15, -0.1) is 0 Å². The van der Waals surface area contributed by atoms with Gasteiger partial charge in [-0.1, -0.05) is 13.3 Å². The monoisotopic (exact) mass is 373 g/mol. The van der Waals surface area contributed by atoms with Crippen molar-refractivity contribution in [1.82, 2.24) is 10.3 Å². The second-order valence-corrected chi connectivity index (χ2v) is 7.97. The fourth-order valence-electron chi connectivity index (χ4n) is 2.57. The Kier molecular flexibility index (Phi) is 6.17. The van der Waals surface area contributed by atoms with Crippen molar-refractivity contribution in [1.29, 1.82) is 0 Å². The third kappa shape index (κ3) is 4.78. The molecule has 21 heavy (non-hydrogen) atoms. The van der Waals surface area contributed by atoms with E-state index in [1.807, 2.05) is 6.92 Å². The van der Waals surface area contributed by atoms with Crippen LogP contribution in [0.15, 0.2) is 22.9 Å². The first-order chi connectivity index (χ1) is 10.1. The van der Waals surface area contributed by atoms with Crippen LogP contribution < -0.4 is 10.6 Å². The van der Waals surface area contributed by atoms with Gasteiger partial charge in [0.05, 0.1) is 10.2 Å². The molecular formula is C14H20BrN3O2S. The molecule has 1 saturated carbocycles. The number of pyridine rings is 1. The first-order valence-electron chi connectivity index (χ1n) is 7.14. The number of aromatic nitrogens is 1. The number of nitrogens with one attached hydrogen (secondary N) is 2. The molecule has 0 spiro atoms. The molecule has 5 nitrogen and oxygen atoms in total. The quantitative estimate of drug-likeness (QED) is 0.851. The largest absolute Gasteiger partial charge is 0.335 e. The number of halogens is 1. The highest BCUT2D eigenvalue weighted by Gasteiger charge is 2.26. The highest BCUT2D eigenvalue weighted by Crippen LogP contribution is 2.24.